The van der Waals surface area contributed by atoms with E-state index in [1.165, 1.54) is 12.1 Å². The van der Waals surface area contributed by atoms with E-state index in [2.05, 4.69) is 11.1 Å². The Morgan fingerprint density at radius 3 is 2.22 bits per heavy atom. The van der Waals surface area contributed by atoms with Gasteiger partial charge in [0, 0.05) is 51.0 Å². The summed E-state index contributed by atoms with van der Waals surface area (Å²) in [6.45, 7) is -2.91. The number of imidazole rings is 1. The van der Waals surface area contributed by atoms with E-state index < -0.39 is 90.7 Å². The molecule has 2 heterocycles. The van der Waals surface area contributed by atoms with Crippen molar-refractivity contribution in [2.24, 2.45) is 0 Å². The van der Waals surface area contributed by atoms with Crippen LogP contribution in [0.1, 0.15) is 65.0 Å². The number of aryl methyl sites for hydroxylation is 1. The molecule has 8 aromatic rings. The second-order valence-electron chi connectivity index (χ2n) is 13.6. The van der Waals surface area contributed by atoms with Crippen molar-refractivity contribution >= 4 is 11.0 Å². The molecule has 0 spiro atoms. The van der Waals surface area contributed by atoms with Gasteiger partial charge < -0.3 is 5.11 Å². The average Bonchev–Trinajstić information content (AvgIpc) is 3.66. The molecule has 0 fully saturated rings. The van der Waals surface area contributed by atoms with Gasteiger partial charge in [-0.2, -0.15) is 0 Å². The maximum atomic E-state index is 11.3. The number of phenolic OH excluding ortho intramolecular Hbond substituents is 1. The van der Waals surface area contributed by atoms with Gasteiger partial charge in [0.2, 0.25) is 0 Å². The van der Waals surface area contributed by atoms with E-state index in [9.17, 15) is 6.48 Å². The van der Waals surface area contributed by atoms with Crippen LogP contribution < -0.4 is 0 Å². The van der Waals surface area contributed by atoms with Crippen molar-refractivity contribution in [1.29, 1.82) is 0 Å². The first-order valence-corrected chi connectivity index (χ1v) is 16.8. The third-order valence-electron chi connectivity index (χ3n) is 9.04. The van der Waals surface area contributed by atoms with E-state index >= 15 is 0 Å². The van der Waals surface area contributed by atoms with E-state index in [-0.39, 0.29) is 66.3 Å². The molecule has 0 saturated carbocycles. The van der Waals surface area contributed by atoms with Crippen molar-refractivity contribution in [2.75, 3.05) is 0 Å². The number of aromatic hydroxyl groups is 1. The van der Waals surface area contributed by atoms with Crippen LogP contribution in [0.25, 0.3) is 72.7 Å². The van der Waals surface area contributed by atoms with E-state index in [0.29, 0.717) is 33.3 Å². The van der Waals surface area contributed by atoms with Gasteiger partial charge in [0.05, 0.1) is 26.2 Å². The third-order valence-corrected chi connectivity index (χ3v) is 9.04. The maximum Gasteiger partial charge on any atom is 0.148 e. The monoisotopic (exact) mass is 899 g/mol. The Balaban J connectivity index is 0.00000722. The Bertz CT molecular complexity index is 3350. The molecule has 0 atom stereocenters. The third kappa shape index (κ3) is 6.95. The van der Waals surface area contributed by atoms with E-state index in [0.717, 1.165) is 0 Å². The first kappa shape index (κ1) is 22.0. The van der Waals surface area contributed by atoms with Crippen LogP contribution in [0.15, 0.2) is 139 Å². The van der Waals surface area contributed by atoms with Gasteiger partial charge in [0.15, 0.2) is 0 Å². The standard InChI is InChI=1S/C49H42N3O.Pt/c1-31-19-21-34(22-20-31)36-23-24-50-44(29-36)38-26-37(27-39(28-38)49(4,5)6)41-16-12-17-45-47(41)51-48(42-15-10-11-18-46(42)53)52(45)40-25-32(2)33(3)43(30-40)35-13-8-7-9-14-35;/h7-25,27-30,53H,1-6H3;/q-1;/i1D3,2D3,3D3,19D,20D,21D,22D,23D,24D,29D;. The summed E-state index contributed by atoms with van der Waals surface area (Å²) in [6, 6.07) is 25.5. The van der Waals surface area contributed by atoms with E-state index in [4.69, 9.17) is 25.5 Å². The van der Waals surface area contributed by atoms with E-state index in [1.54, 1.807) is 83.4 Å². The first-order valence-electron chi connectivity index (χ1n) is 24.8. The normalized spacial score (nSPS) is 16.4. The number of para-hydroxylation sites is 2. The molecule has 0 amide bonds. The summed E-state index contributed by atoms with van der Waals surface area (Å²) in [6.07, 6.45) is -0.659. The zero-order valence-electron chi connectivity index (χ0n) is 45.3. The number of pyridine rings is 1. The molecule has 4 nitrogen and oxygen atoms in total. The molecule has 1 N–H and O–H groups in total. The van der Waals surface area contributed by atoms with Crippen LogP contribution in [0.4, 0.5) is 0 Å². The summed E-state index contributed by atoms with van der Waals surface area (Å²) in [5.41, 5.74) is 0.228. The Morgan fingerprint density at radius 1 is 0.722 bits per heavy atom. The Labute approximate surface area is 355 Å². The van der Waals surface area contributed by atoms with Crippen molar-refractivity contribution in [2.45, 2.75) is 46.7 Å². The van der Waals surface area contributed by atoms with Crippen LogP contribution in [-0.4, -0.2) is 19.6 Å². The van der Waals surface area contributed by atoms with Gasteiger partial charge in [-0.15, -0.1) is 29.3 Å². The van der Waals surface area contributed by atoms with Gasteiger partial charge in [0.1, 0.15) is 11.6 Å². The van der Waals surface area contributed by atoms with Crippen molar-refractivity contribution in [3.05, 3.63) is 168 Å². The number of rotatable bonds is 6. The molecule has 0 radical (unpaired) electrons. The molecular formula is C49H42N3OPt-. The Morgan fingerprint density at radius 2 is 1.48 bits per heavy atom. The molecule has 0 unspecified atom stereocenters. The fourth-order valence-electron chi connectivity index (χ4n) is 6.31. The van der Waals surface area contributed by atoms with Crippen LogP contribution in [0.3, 0.4) is 0 Å². The molecule has 8 rings (SSSR count). The summed E-state index contributed by atoms with van der Waals surface area (Å²) < 4.78 is 138. The molecule has 0 aliphatic carbocycles. The maximum absolute atomic E-state index is 11.3. The fraction of sp³-hybridized carbons (Fsp3) is 0.143. The Hall–Kier alpha value is -5.57. The van der Waals surface area contributed by atoms with Crippen LogP contribution in [0.5, 0.6) is 5.75 Å². The van der Waals surface area contributed by atoms with Gasteiger partial charge in [-0.25, -0.2) is 4.98 Å². The number of benzene rings is 6. The molecule has 5 heteroatoms. The minimum atomic E-state index is -3.01. The SMILES string of the molecule is [2H]c1nc(-c2[c-]c(-c3cccc4c3nc(-c3ccccc3O)n4-c3cc(-c4ccccc4)c(C([2H])([2H])[2H])c(C([2H])([2H])[2H])c3)cc(C(C)(C)C)c2)c([2H])c(-c2c([2H])c([2H])c(C([2H])([2H])[2H])c([2H])c2[2H])c1[2H].[Pt]. The van der Waals surface area contributed by atoms with Crippen molar-refractivity contribution in [3.63, 3.8) is 0 Å². The minimum absolute atomic E-state index is 0. The fourth-order valence-corrected chi connectivity index (χ4v) is 6.31. The molecular weight excluding hydrogens is 842 g/mol. The topological polar surface area (TPSA) is 50.9 Å². The first-order chi connectivity index (χ1) is 32.1. The second-order valence-corrected chi connectivity index (χ2v) is 13.6. The number of hydrogen-bond acceptors (Lipinski definition) is 3. The number of phenols is 1. The van der Waals surface area contributed by atoms with E-state index in [1.807, 2.05) is 26.8 Å². The summed E-state index contributed by atoms with van der Waals surface area (Å²) in [7, 11) is 0. The number of aromatic nitrogens is 3. The summed E-state index contributed by atoms with van der Waals surface area (Å²) >= 11 is 0. The van der Waals surface area contributed by atoms with Gasteiger partial charge in [0.25, 0.3) is 0 Å². The van der Waals surface area contributed by atoms with Crippen molar-refractivity contribution in [1.82, 2.24) is 14.5 Å². The predicted molar refractivity (Wildman–Crippen MR) is 219 cm³/mol. The molecule has 0 saturated heterocycles. The molecule has 270 valence electrons. The zero-order chi connectivity index (χ0) is 50.4. The second kappa shape index (κ2) is 14.7. The largest absolute Gasteiger partial charge is 0.507 e. The van der Waals surface area contributed by atoms with Crippen LogP contribution in [0, 0.1) is 26.6 Å². The van der Waals surface area contributed by atoms with Gasteiger partial charge >= 0.3 is 0 Å². The summed E-state index contributed by atoms with van der Waals surface area (Å²) in [5, 5.41) is 11.3. The molecule has 2 aromatic heterocycles. The molecule has 0 aliphatic rings. The predicted octanol–water partition coefficient (Wildman–Crippen LogP) is 12.5. The van der Waals surface area contributed by atoms with Gasteiger partial charge in [-0.1, -0.05) is 122 Å². The summed E-state index contributed by atoms with van der Waals surface area (Å²) in [4.78, 5) is 9.44. The van der Waals surface area contributed by atoms with Crippen molar-refractivity contribution in [3.8, 4) is 67.5 Å². The number of nitrogens with zero attached hydrogens (tertiary/aromatic N) is 3. The molecule has 54 heavy (non-hydrogen) atoms. The van der Waals surface area contributed by atoms with Crippen molar-refractivity contribution < 1.29 is 48.1 Å². The Kier molecular flexibility index (Phi) is 5.97. The number of fused-ring (bicyclic) bond motifs is 1. The zero-order valence-corrected chi connectivity index (χ0v) is 31.6. The van der Waals surface area contributed by atoms with Gasteiger partial charge in [-0.3, -0.25) is 9.55 Å². The minimum Gasteiger partial charge on any atom is -0.507 e. The molecule has 6 aromatic carbocycles. The molecule has 0 bridgehead atoms. The van der Waals surface area contributed by atoms with Crippen LogP contribution in [-0.2, 0) is 26.5 Å². The van der Waals surface area contributed by atoms with Crippen LogP contribution in [0.2, 0.25) is 0 Å². The summed E-state index contributed by atoms with van der Waals surface area (Å²) in [5.74, 6) is 0.0234. The quantitative estimate of drug-likeness (QED) is 0.169. The smallest absolute Gasteiger partial charge is 0.148 e. The molecule has 0 aliphatic heterocycles. The van der Waals surface area contributed by atoms with Crippen LogP contribution >= 0.6 is 0 Å². The number of hydrogen-bond donors (Lipinski definition) is 1. The van der Waals surface area contributed by atoms with Gasteiger partial charge in [-0.05, 0) is 95.7 Å². The average molecular weight is 900 g/mol.